The minimum atomic E-state index is -0.0185. The fourth-order valence-electron chi connectivity index (χ4n) is 1.55. The second-order valence-electron chi connectivity index (χ2n) is 4.08. The molecule has 0 spiro atoms. The Morgan fingerprint density at radius 1 is 1.39 bits per heavy atom. The summed E-state index contributed by atoms with van der Waals surface area (Å²) < 4.78 is 0. The molecule has 1 atom stereocenters. The van der Waals surface area contributed by atoms with Crippen molar-refractivity contribution in [2.45, 2.75) is 46.1 Å². The number of allylic oxidation sites excluding steroid dienone is 6. The first-order chi connectivity index (χ1) is 8.68. The van der Waals surface area contributed by atoms with Crippen LogP contribution in [0.3, 0.4) is 0 Å². The lowest BCUT2D eigenvalue weighted by Gasteiger charge is -2.12. The molecule has 3 N–H and O–H groups in total. The van der Waals surface area contributed by atoms with Crippen LogP contribution in [0.2, 0.25) is 0 Å². The molecule has 3 nitrogen and oxygen atoms in total. The summed E-state index contributed by atoms with van der Waals surface area (Å²) in [6.07, 6.45) is 13.3. The Balaban J connectivity index is 0.00000137. The predicted molar refractivity (Wildman–Crippen MR) is 78.2 cm³/mol. The van der Waals surface area contributed by atoms with E-state index in [1.165, 1.54) is 12.5 Å². The number of amides is 1. The molecule has 1 aliphatic carbocycles. The summed E-state index contributed by atoms with van der Waals surface area (Å²) in [5, 5.41) is 2.73. The third-order valence-corrected chi connectivity index (χ3v) is 2.52. The van der Waals surface area contributed by atoms with Gasteiger partial charge in [0.2, 0.25) is 5.91 Å². The van der Waals surface area contributed by atoms with Crippen molar-refractivity contribution in [2.24, 2.45) is 5.73 Å². The van der Waals surface area contributed by atoms with Crippen molar-refractivity contribution in [3.63, 3.8) is 0 Å². The van der Waals surface area contributed by atoms with E-state index in [1.807, 2.05) is 19.9 Å². The van der Waals surface area contributed by atoms with Crippen LogP contribution in [0.25, 0.3) is 0 Å². The first-order valence-corrected chi connectivity index (χ1v) is 6.69. The normalized spacial score (nSPS) is 15.0. The van der Waals surface area contributed by atoms with E-state index in [0.717, 1.165) is 19.3 Å². The van der Waals surface area contributed by atoms with E-state index in [1.54, 1.807) is 0 Å². The average molecular weight is 250 g/mol. The lowest BCUT2D eigenvalue weighted by molar-refractivity contribution is -0.119. The predicted octanol–water partition coefficient (Wildman–Crippen LogP) is 2.70. The van der Waals surface area contributed by atoms with Crippen LogP contribution >= 0.6 is 0 Å². The van der Waals surface area contributed by atoms with E-state index >= 15 is 0 Å². The number of hydrogen-bond donors (Lipinski definition) is 2. The maximum absolute atomic E-state index is 10.7. The van der Waals surface area contributed by atoms with Gasteiger partial charge in [-0.25, -0.2) is 0 Å². The van der Waals surface area contributed by atoms with Crippen LogP contribution in [-0.2, 0) is 4.79 Å². The van der Waals surface area contributed by atoms with Gasteiger partial charge < -0.3 is 11.1 Å². The standard InChI is InChI=1S/C13H20N2O.C2H6/c1-11(16)15-10-13(14)9-8-12-6-4-2-3-5-7-12;1-2/h2-6,13H,7-10,14H2,1H3,(H,15,16);1-2H3. The Kier molecular flexibility index (Phi) is 9.97. The Hall–Kier alpha value is -1.35. The number of nitrogens with one attached hydrogen (secondary N) is 1. The molecule has 0 fully saturated rings. The number of rotatable bonds is 5. The zero-order valence-electron chi connectivity index (χ0n) is 11.8. The highest BCUT2D eigenvalue weighted by atomic mass is 16.1. The van der Waals surface area contributed by atoms with E-state index in [2.05, 4.69) is 29.6 Å². The quantitative estimate of drug-likeness (QED) is 0.788. The first-order valence-electron chi connectivity index (χ1n) is 6.69. The highest BCUT2D eigenvalue weighted by Crippen LogP contribution is 2.14. The van der Waals surface area contributed by atoms with Gasteiger partial charge in [0, 0.05) is 19.5 Å². The van der Waals surface area contributed by atoms with Gasteiger partial charge in [0.05, 0.1) is 0 Å². The van der Waals surface area contributed by atoms with Crippen LogP contribution in [0.1, 0.15) is 40.0 Å². The molecule has 0 aliphatic heterocycles. The second kappa shape index (κ2) is 10.8. The molecule has 0 aromatic rings. The van der Waals surface area contributed by atoms with Crippen molar-refractivity contribution >= 4 is 5.91 Å². The smallest absolute Gasteiger partial charge is 0.216 e. The summed E-state index contributed by atoms with van der Waals surface area (Å²) in [4.78, 5) is 10.7. The monoisotopic (exact) mass is 250 g/mol. The average Bonchev–Trinajstić information content (AvgIpc) is 2.65. The Morgan fingerprint density at radius 3 is 2.78 bits per heavy atom. The molecule has 1 aliphatic rings. The molecule has 1 amide bonds. The maximum atomic E-state index is 10.7. The molecule has 102 valence electrons. The molecule has 3 heteroatoms. The number of nitrogens with two attached hydrogens (primary N) is 1. The maximum Gasteiger partial charge on any atom is 0.216 e. The van der Waals surface area contributed by atoms with Crippen LogP contribution < -0.4 is 11.1 Å². The fourth-order valence-corrected chi connectivity index (χ4v) is 1.55. The Morgan fingerprint density at radius 2 is 2.11 bits per heavy atom. The van der Waals surface area contributed by atoms with Crippen LogP contribution in [0.15, 0.2) is 36.0 Å². The van der Waals surface area contributed by atoms with Gasteiger partial charge >= 0.3 is 0 Å². The van der Waals surface area contributed by atoms with Crippen molar-refractivity contribution in [1.29, 1.82) is 0 Å². The van der Waals surface area contributed by atoms with Gasteiger partial charge in [0.1, 0.15) is 0 Å². The van der Waals surface area contributed by atoms with Gasteiger partial charge in [-0.2, -0.15) is 0 Å². The highest BCUT2D eigenvalue weighted by Gasteiger charge is 2.05. The van der Waals surface area contributed by atoms with E-state index < -0.39 is 0 Å². The van der Waals surface area contributed by atoms with E-state index in [9.17, 15) is 4.79 Å². The molecule has 0 saturated carbocycles. The van der Waals surface area contributed by atoms with E-state index in [-0.39, 0.29) is 11.9 Å². The van der Waals surface area contributed by atoms with Crippen molar-refractivity contribution in [1.82, 2.24) is 5.32 Å². The summed E-state index contributed by atoms with van der Waals surface area (Å²) >= 11 is 0. The molecule has 0 aromatic carbocycles. The van der Waals surface area contributed by atoms with Crippen LogP contribution in [0, 0.1) is 0 Å². The lowest BCUT2D eigenvalue weighted by atomic mass is 10.0. The largest absolute Gasteiger partial charge is 0.355 e. The van der Waals surface area contributed by atoms with Crippen molar-refractivity contribution in [3.05, 3.63) is 36.0 Å². The topological polar surface area (TPSA) is 55.1 Å². The van der Waals surface area contributed by atoms with E-state index in [0.29, 0.717) is 6.54 Å². The number of carbonyl (C=O) groups is 1. The lowest BCUT2D eigenvalue weighted by Crippen LogP contribution is -2.36. The van der Waals surface area contributed by atoms with Crippen LogP contribution in [-0.4, -0.2) is 18.5 Å². The second-order valence-corrected chi connectivity index (χ2v) is 4.08. The molecule has 0 bridgehead atoms. The molecule has 0 radical (unpaired) electrons. The summed E-state index contributed by atoms with van der Waals surface area (Å²) in [5.74, 6) is -0.0185. The highest BCUT2D eigenvalue weighted by molar-refractivity contribution is 5.72. The van der Waals surface area contributed by atoms with Gasteiger partial charge in [-0.1, -0.05) is 49.8 Å². The molecule has 1 rings (SSSR count). The van der Waals surface area contributed by atoms with Gasteiger partial charge in [0.25, 0.3) is 0 Å². The fraction of sp³-hybridized carbons (Fsp3) is 0.533. The third-order valence-electron chi connectivity index (χ3n) is 2.52. The molecule has 1 unspecified atom stereocenters. The molecule has 0 heterocycles. The van der Waals surface area contributed by atoms with Gasteiger partial charge in [0.15, 0.2) is 0 Å². The van der Waals surface area contributed by atoms with Crippen molar-refractivity contribution < 1.29 is 4.79 Å². The van der Waals surface area contributed by atoms with Gasteiger partial charge in [-0.15, -0.1) is 0 Å². The van der Waals surface area contributed by atoms with Gasteiger partial charge in [-0.3, -0.25) is 4.79 Å². The zero-order chi connectivity index (χ0) is 13.8. The summed E-state index contributed by atoms with van der Waals surface area (Å²) in [5.41, 5.74) is 7.29. The number of hydrogen-bond acceptors (Lipinski definition) is 2. The molecule has 0 saturated heterocycles. The van der Waals surface area contributed by atoms with Crippen LogP contribution in [0.4, 0.5) is 0 Å². The summed E-state index contributed by atoms with van der Waals surface area (Å²) in [7, 11) is 0. The number of carbonyl (C=O) groups excluding carboxylic acids is 1. The van der Waals surface area contributed by atoms with Gasteiger partial charge in [-0.05, 0) is 19.3 Å². The summed E-state index contributed by atoms with van der Waals surface area (Å²) in [6, 6.07) is 0.0426. The Labute approximate surface area is 111 Å². The van der Waals surface area contributed by atoms with E-state index in [4.69, 9.17) is 5.73 Å². The SMILES string of the molecule is CC.CC(=O)NCC(N)CCC1=CC=CC=CC1. The molecular weight excluding hydrogens is 224 g/mol. The first kappa shape index (κ1) is 16.6. The minimum Gasteiger partial charge on any atom is -0.355 e. The van der Waals surface area contributed by atoms with Crippen molar-refractivity contribution in [3.8, 4) is 0 Å². The molecular formula is C15H26N2O. The molecule has 0 aromatic heterocycles. The summed E-state index contributed by atoms with van der Waals surface area (Å²) in [6.45, 7) is 6.07. The van der Waals surface area contributed by atoms with Crippen molar-refractivity contribution in [2.75, 3.05) is 6.54 Å². The zero-order valence-corrected chi connectivity index (χ0v) is 11.8. The minimum absolute atomic E-state index is 0.0185. The van der Waals surface area contributed by atoms with Crippen LogP contribution in [0.5, 0.6) is 0 Å². The third kappa shape index (κ3) is 8.76. The molecule has 18 heavy (non-hydrogen) atoms. The Bertz CT molecular complexity index is 316.